The first-order valence-electron chi connectivity index (χ1n) is 13.4. The van der Waals surface area contributed by atoms with Gasteiger partial charge in [-0.3, -0.25) is 14.4 Å². The number of carbonyl (C=O) groups is 3. The number of hydrogen-bond acceptors (Lipinski definition) is 6. The van der Waals surface area contributed by atoms with Gasteiger partial charge < -0.3 is 25.8 Å². The van der Waals surface area contributed by atoms with Crippen molar-refractivity contribution in [1.29, 1.82) is 0 Å². The predicted molar refractivity (Wildman–Crippen MR) is 157 cm³/mol. The van der Waals surface area contributed by atoms with Crippen molar-refractivity contribution in [3.05, 3.63) is 83.6 Å². The SMILES string of the molecule is CC(C)(N)C(=O)N[C@H](Cc1csc2ccccc12)C(=O)Nc1cn(C(C(=O)N2CCCC2)c2ccccc2)cn1. The molecule has 1 unspecified atom stereocenters. The molecule has 10 heteroatoms. The second kappa shape index (κ2) is 11.6. The molecule has 5 rings (SSSR count). The van der Waals surface area contributed by atoms with Gasteiger partial charge in [0, 0.05) is 30.4 Å². The third-order valence-electron chi connectivity index (χ3n) is 7.11. The summed E-state index contributed by atoms with van der Waals surface area (Å²) in [7, 11) is 0. The lowest BCUT2D eigenvalue weighted by Gasteiger charge is -2.24. The van der Waals surface area contributed by atoms with Gasteiger partial charge in [0.1, 0.15) is 12.1 Å². The second-order valence-electron chi connectivity index (χ2n) is 10.7. The number of benzene rings is 2. The van der Waals surface area contributed by atoms with Crippen LogP contribution in [-0.4, -0.2) is 56.8 Å². The quantitative estimate of drug-likeness (QED) is 0.289. The van der Waals surface area contributed by atoms with Gasteiger partial charge in [0.2, 0.25) is 17.7 Å². The van der Waals surface area contributed by atoms with Gasteiger partial charge in [-0.1, -0.05) is 48.5 Å². The van der Waals surface area contributed by atoms with Crippen LogP contribution in [0.15, 0.2) is 72.5 Å². The molecule has 2 aromatic carbocycles. The highest BCUT2D eigenvalue weighted by Gasteiger charge is 2.31. The predicted octanol–water partition coefficient (Wildman–Crippen LogP) is 3.71. The molecule has 1 saturated heterocycles. The Labute approximate surface area is 237 Å². The molecule has 208 valence electrons. The molecule has 4 N–H and O–H groups in total. The van der Waals surface area contributed by atoms with Crippen molar-refractivity contribution in [3.8, 4) is 0 Å². The third-order valence-corrected chi connectivity index (χ3v) is 8.12. The van der Waals surface area contributed by atoms with Crippen LogP contribution in [0.5, 0.6) is 0 Å². The van der Waals surface area contributed by atoms with Gasteiger partial charge in [0.15, 0.2) is 5.82 Å². The number of nitrogens with one attached hydrogen (secondary N) is 2. The molecule has 9 nitrogen and oxygen atoms in total. The van der Waals surface area contributed by atoms with Crippen LogP contribution < -0.4 is 16.4 Å². The zero-order chi connectivity index (χ0) is 28.3. The van der Waals surface area contributed by atoms with Crippen molar-refractivity contribution in [1.82, 2.24) is 19.8 Å². The summed E-state index contributed by atoms with van der Waals surface area (Å²) >= 11 is 1.59. The molecule has 1 aliphatic heterocycles. The monoisotopic (exact) mass is 558 g/mol. The van der Waals surface area contributed by atoms with E-state index in [0.29, 0.717) is 12.2 Å². The Balaban J connectivity index is 1.39. The Morgan fingerprint density at radius 3 is 2.48 bits per heavy atom. The fourth-order valence-electron chi connectivity index (χ4n) is 4.91. The molecule has 1 aliphatic rings. The van der Waals surface area contributed by atoms with Crippen LogP contribution in [0.1, 0.15) is 43.9 Å². The van der Waals surface area contributed by atoms with E-state index in [2.05, 4.69) is 15.6 Å². The first-order valence-corrected chi connectivity index (χ1v) is 14.3. The average molecular weight is 559 g/mol. The molecule has 3 heterocycles. The molecule has 0 aliphatic carbocycles. The van der Waals surface area contributed by atoms with Crippen LogP contribution in [0.3, 0.4) is 0 Å². The molecule has 3 amide bonds. The van der Waals surface area contributed by atoms with Crippen LogP contribution in [-0.2, 0) is 20.8 Å². The molecule has 40 heavy (non-hydrogen) atoms. The number of imidazole rings is 1. The average Bonchev–Trinajstić information content (AvgIpc) is 3.71. The molecule has 0 radical (unpaired) electrons. The van der Waals surface area contributed by atoms with Crippen molar-refractivity contribution in [3.63, 3.8) is 0 Å². The molecule has 2 aromatic heterocycles. The number of rotatable bonds is 9. The van der Waals surface area contributed by atoms with Crippen LogP contribution in [0, 0.1) is 0 Å². The first-order chi connectivity index (χ1) is 19.2. The Morgan fingerprint density at radius 1 is 1.05 bits per heavy atom. The van der Waals surface area contributed by atoms with E-state index in [1.54, 1.807) is 42.3 Å². The van der Waals surface area contributed by atoms with Crippen molar-refractivity contribution < 1.29 is 14.4 Å². The van der Waals surface area contributed by atoms with Gasteiger partial charge in [-0.05, 0) is 54.6 Å². The van der Waals surface area contributed by atoms with E-state index in [4.69, 9.17) is 5.73 Å². The first kappa shape index (κ1) is 27.5. The minimum Gasteiger partial charge on any atom is -0.342 e. The molecule has 1 fully saturated rings. The molecule has 0 saturated carbocycles. The summed E-state index contributed by atoms with van der Waals surface area (Å²) < 4.78 is 2.84. The van der Waals surface area contributed by atoms with E-state index in [1.165, 1.54) is 0 Å². The Morgan fingerprint density at radius 2 is 1.75 bits per heavy atom. The van der Waals surface area contributed by atoms with Crippen LogP contribution >= 0.6 is 11.3 Å². The number of aromatic nitrogens is 2. The van der Waals surface area contributed by atoms with Crippen LogP contribution in [0.2, 0.25) is 0 Å². The molecule has 2 atom stereocenters. The summed E-state index contributed by atoms with van der Waals surface area (Å²) in [6.07, 6.45) is 5.49. The van der Waals surface area contributed by atoms with Gasteiger partial charge in [0.05, 0.1) is 11.9 Å². The summed E-state index contributed by atoms with van der Waals surface area (Å²) in [5.74, 6) is -0.557. The van der Waals surface area contributed by atoms with E-state index in [0.717, 1.165) is 47.1 Å². The Hall–Kier alpha value is -4.02. The van der Waals surface area contributed by atoms with Gasteiger partial charge in [-0.2, -0.15) is 0 Å². The maximum atomic E-state index is 13.5. The summed E-state index contributed by atoms with van der Waals surface area (Å²) in [4.78, 5) is 46.1. The Kier molecular flexibility index (Phi) is 7.99. The lowest BCUT2D eigenvalue weighted by atomic mass is 10.0. The molecule has 0 spiro atoms. The number of hydrogen-bond donors (Lipinski definition) is 3. The highest BCUT2D eigenvalue weighted by molar-refractivity contribution is 7.17. The fraction of sp³-hybridized carbons (Fsp3) is 0.333. The summed E-state index contributed by atoms with van der Waals surface area (Å²) in [5.41, 5.74) is 6.67. The van der Waals surface area contributed by atoms with Crippen molar-refractivity contribution in [2.75, 3.05) is 18.4 Å². The number of carbonyl (C=O) groups excluding carboxylic acids is 3. The fourth-order valence-corrected chi connectivity index (χ4v) is 5.88. The maximum Gasteiger partial charge on any atom is 0.250 e. The maximum absolute atomic E-state index is 13.5. The van der Waals surface area contributed by atoms with E-state index in [9.17, 15) is 14.4 Å². The summed E-state index contributed by atoms with van der Waals surface area (Å²) in [6.45, 7) is 4.66. The molecule has 0 bridgehead atoms. The van der Waals surface area contributed by atoms with Crippen molar-refractivity contribution in [2.45, 2.75) is 50.7 Å². The third kappa shape index (κ3) is 6.08. The zero-order valence-electron chi connectivity index (χ0n) is 22.7. The lowest BCUT2D eigenvalue weighted by Crippen LogP contribution is -2.55. The second-order valence-corrected chi connectivity index (χ2v) is 11.7. The normalized spacial score (nSPS) is 15.1. The van der Waals surface area contributed by atoms with Gasteiger partial charge >= 0.3 is 0 Å². The zero-order valence-corrected chi connectivity index (χ0v) is 23.5. The van der Waals surface area contributed by atoms with Gasteiger partial charge in [0.25, 0.3) is 0 Å². The van der Waals surface area contributed by atoms with E-state index in [1.807, 2.05) is 64.9 Å². The molecule has 4 aromatic rings. The number of nitrogens with zero attached hydrogens (tertiary/aromatic N) is 3. The van der Waals surface area contributed by atoms with Gasteiger partial charge in [-0.15, -0.1) is 11.3 Å². The highest BCUT2D eigenvalue weighted by Crippen LogP contribution is 2.27. The number of anilines is 1. The van der Waals surface area contributed by atoms with Crippen molar-refractivity contribution >= 4 is 45.0 Å². The van der Waals surface area contributed by atoms with E-state index in [-0.39, 0.29) is 5.91 Å². The smallest absolute Gasteiger partial charge is 0.250 e. The molecular formula is C30H34N6O3S. The summed E-state index contributed by atoms with van der Waals surface area (Å²) in [5, 5.41) is 8.72. The summed E-state index contributed by atoms with van der Waals surface area (Å²) in [6, 6.07) is 16.0. The number of nitrogens with two attached hydrogens (primary N) is 1. The number of fused-ring (bicyclic) bond motifs is 1. The number of likely N-dealkylation sites (tertiary alicyclic amines) is 1. The van der Waals surface area contributed by atoms with E-state index >= 15 is 0 Å². The minimum atomic E-state index is -1.16. The highest BCUT2D eigenvalue weighted by atomic mass is 32.1. The largest absolute Gasteiger partial charge is 0.342 e. The Bertz CT molecular complexity index is 1500. The number of amides is 3. The number of thiophene rings is 1. The topological polar surface area (TPSA) is 122 Å². The molecular weight excluding hydrogens is 524 g/mol. The minimum absolute atomic E-state index is 0.00127. The van der Waals surface area contributed by atoms with E-state index < -0.39 is 29.4 Å². The van der Waals surface area contributed by atoms with Crippen LogP contribution in [0.25, 0.3) is 10.1 Å². The van der Waals surface area contributed by atoms with Gasteiger partial charge in [-0.25, -0.2) is 4.98 Å². The van der Waals surface area contributed by atoms with Crippen molar-refractivity contribution in [2.24, 2.45) is 5.73 Å². The standard InChI is InChI=1S/C30H34N6O3S/c1-30(2,31)29(39)33-23(16-21-18-40-24-13-7-6-12-22(21)24)27(37)34-25-17-36(19-32-25)26(20-10-4-3-5-11-20)28(38)35-14-8-9-15-35/h3-7,10-13,17-19,23,26H,8-9,14-16,31H2,1-2H3,(H,33,39)(H,34,37)/t23-,26?/m1/s1. The van der Waals surface area contributed by atoms with Crippen LogP contribution in [0.4, 0.5) is 5.82 Å². The lowest BCUT2D eigenvalue weighted by molar-refractivity contribution is -0.132.